The van der Waals surface area contributed by atoms with Crippen LogP contribution in [0.2, 0.25) is 0 Å². The Morgan fingerprint density at radius 3 is 2.73 bits per heavy atom. The number of rotatable bonds is 5. The Hall–Kier alpha value is -1.55. The zero-order valence-electron chi connectivity index (χ0n) is 17.8. The third kappa shape index (κ3) is 5.57. The maximum absolute atomic E-state index is 12.5. The number of carbonyl (C=O) groups excluding carboxylic acids is 1. The van der Waals surface area contributed by atoms with E-state index in [1.54, 1.807) is 0 Å². The van der Waals surface area contributed by atoms with Crippen LogP contribution in [0, 0.1) is 0 Å². The Morgan fingerprint density at radius 1 is 1.20 bits per heavy atom. The molecule has 4 rings (SSSR count). The lowest BCUT2D eigenvalue weighted by Gasteiger charge is -2.37. The first-order chi connectivity index (χ1) is 14.2. The largest absolute Gasteiger partial charge is 0.493 e. The van der Waals surface area contributed by atoms with Crippen molar-refractivity contribution in [1.29, 1.82) is 0 Å². The van der Waals surface area contributed by atoms with Gasteiger partial charge in [0.1, 0.15) is 11.9 Å². The lowest BCUT2D eigenvalue weighted by atomic mass is 10.1. The van der Waals surface area contributed by atoms with Crippen LogP contribution >= 0.6 is 24.0 Å². The molecule has 0 aliphatic carbocycles. The third-order valence-electron chi connectivity index (χ3n) is 5.85. The second-order valence-corrected chi connectivity index (χ2v) is 7.84. The fourth-order valence-electron chi connectivity index (χ4n) is 4.23. The molecule has 3 aliphatic heterocycles. The highest BCUT2D eigenvalue weighted by atomic mass is 127. The van der Waals surface area contributed by atoms with Gasteiger partial charge in [0.25, 0.3) is 5.91 Å². The van der Waals surface area contributed by atoms with E-state index >= 15 is 0 Å². The predicted molar refractivity (Wildman–Crippen MR) is 128 cm³/mol. The first-order valence-corrected chi connectivity index (χ1v) is 10.9. The van der Waals surface area contributed by atoms with Crippen LogP contribution in [0.4, 0.5) is 0 Å². The first kappa shape index (κ1) is 23.1. The van der Waals surface area contributed by atoms with Gasteiger partial charge in [-0.1, -0.05) is 12.1 Å². The van der Waals surface area contributed by atoms with Gasteiger partial charge in [-0.3, -0.25) is 9.79 Å². The van der Waals surface area contributed by atoms with Crippen molar-refractivity contribution in [1.82, 2.24) is 15.1 Å². The molecule has 0 bridgehead atoms. The average Bonchev–Trinajstić information content (AvgIpc) is 3.44. The minimum atomic E-state index is -0.221. The SMILES string of the molecule is CCNC(=NCCc1ccc2c(c1)CCO2)N1CCN(C(=O)C2CCCO2)CC1.I. The second kappa shape index (κ2) is 11.2. The van der Waals surface area contributed by atoms with E-state index in [0.29, 0.717) is 6.61 Å². The first-order valence-electron chi connectivity index (χ1n) is 10.9. The molecular weight excluding hydrogens is 495 g/mol. The number of ether oxygens (including phenoxy) is 2. The van der Waals surface area contributed by atoms with Gasteiger partial charge in [0.15, 0.2) is 5.96 Å². The summed E-state index contributed by atoms with van der Waals surface area (Å²) in [5, 5.41) is 3.41. The van der Waals surface area contributed by atoms with Crippen molar-refractivity contribution < 1.29 is 14.3 Å². The van der Waals surface area contributed by atoms with Crippen LogP contribution in [-0.4, -0.2) is 80.3 Å². The van der Waals surface area contributed by atoms with Crippen LogP contribution in [-0.2, 0) is 22.4 Å². The fourth-order valence-corrected chi connectivity index (χ4v) is 4.23. The lowest BCUT2D eigenvalue weighted by molar-refractivity contribution is -0.142. The zero-order valence-corrected chi connectivity index (χ0v) is 20.1. The summed E-state index contributed by atoms with van der Waals surface area (Å²) >= 11 is 0. The highest BCUT2D eigenvalue weighted by molar-refractivity contribution is 14.0. The van der Waals surface area contributed by atoms with E-state index in [4.69, 9.17) is 14.5 Å². The highest BCUT2D eigenvalue weighted by Crippen LogP contribution is 2.26. The van der Waals surface area contributed by atoms with Crippen LogP contribution in [0.15, 0.2) is 23.2 Å². The summed E-state index contributed by atoms with van der Waals surface area (Å²) in [6.07, 6.45) is 3.55. The van der Waals surface area contributed by atoms with Crippen LogP contribution in [0.25, 0.3) is 0 Å². The molecule has 0 saturated carbocycles. The summed E-state index contributed by atoms with van der Waals surface area (Å²) in [5.74, 6) is 2.13. The molecule has 1 atom stereocenters. The van der Waals surface area contributed by atoms with Gasteiger partial charge in [-0.2, -0.15) is 0 Å². The van der Waals surface area contributed by atoms with Crippen molar-refractivity contribution in [3.63, 3.8) is 0 Å². The topological polar surface area (TPSA) is 66.4 Å². The van der Waals surface area contributed by atoms with Crippen molar-refractivity contribution in [2.75, 3.05) is 52.5 Å². The summed E-state index contributed by atoms with van der Waals surface area (Å²) in [6, 6.07) is 6.47. The van der Waals surface area contributed by atoms with Crippen LogP contribution in [0.1, 0.15) is 30.9 Å². The van der Waals surface area contributed by atoms with E-state index in [1.807, 2.05) is 4.90 Å². The van der Waals surface area contributed by atoms with Crippen molar-refractivity contribution in [3.8, 4) is 5.75 Å². The maximum Gasteiger partial charge on any atom is 0.251 e. The summed E-state index contributed by atoms with van der Waals surface area (Å²) in [6.45, 7) is 8.25. The van der Waals surface area contributed by atoms with E-state index in [-0.39, 0.29) is 36.0 Å². The lowest BCUT2D eigenvalue weighted by Crippen LogP contribution is -2.55. The Morgan fingerprint density at radius 2 is 2.00 bits per heavy atom. The standard InChI is InChI=1S/C22H32N4O3.HI/c1-2-23-22(24-9-7-17-5-6-19-18(16-17)8-15-29-19)26-12-10-25(11-13-26)21(27)20-4-3-14-28-20;/h5-6,16,20H,2-4,7-15H2,1H3,(H,23,24);1H. The molecule has 7 nitrogen and oxygen atoms in total. The number of nitrogens with one attached hydrogen (secondary N) is 1. The number of halogens is 1. The minimum Gasteiger partial charge on any atom is -0.493 e. The molecule has 1 aromatic carbocycles. The number of fused-ring (bicyclic) bond motifs is 1. The molecule has 1 amide bonds. The number of benzene rings is 1. The number of piperazine rings is 1. The average molecular weight is 528 g/mol. The van der Waals surface area contributed by atoms with E-state index in [1.165, 1.54) is 11.1 Å². The van der Waals surface area contributed by atoms with Crippen molar-refractivity contribution in [2.24, 2.45) is 4.99 Å². The van der Waals surface area contributed by atoms with Gasteiger partial charge in [-0.05, 0) is 43.4 Å². The van der Waals surface area contributed by atoms with E-state index < -0.39 is 0 Å². The Bertz CT molecular complexity index is 744. The number of amides is 1. The molecule has 3 aliphatic rings. The van der Waals surface area contributed by atoms with Gasteiger partial charge in [-0.25, -0.2) is 0 Å². The van der Waals surface area contributed by atoms with Crippen molar-refractivity contribution in [2.45, 2.75) is 38.7 Å². The van der Waals surface area contributed by atoms with Gasteiger partial charge in [0.05, 0.1) is 6.61 Å². The van der Waals surface area contributed by atoms with E-state index in [2.05, 4.69) is 35.3 Å². The molecule has 0 aromatic heterocycles. The molecule has 30 heavy (non-hydrogen) atoms. The molecule has 2 fully saturated rings. The molecule has 0 radical (unpaired) electrons. The molecule has 3 heterocycles. The fraction of sp³-hybridized carbons (Fsp3) is 0.636. The Balaban J connectivity index is 0.00000256. The number of aliphatic imine (C=N–C) groups is 1. The molecule has 8 heteroatoms. The number of nitrogens with zero attached hydrogens (tertiary/aromatic N) is 3. The Labute approximate surface area is 196 Å². The summed E-state index contributed by atoms with van der Waals surface area (Å²) in [7, 11) is 0. The number of guanidine groups is 1. The zero-order chi connectivity index (χ0) is 20.1. The number of carbonyl (C=O) groups is 1. The smallest absolute Gasteiger partial charge is 0.251 e. The number of hydrogen-bond acceptors (Lipinski definition) is 4. The molecule has 2 saturated heterocycles. The molecule has 1 unspecified atom stereocenters. The maximum atomic E-state index is 12.5. The number of hydrogen-bond donors (Lipinski definition) is 1. The van der Waals surface area contributed by atoms with Crippen LogP contribution < -0.4 is 10.1 Å². The van der Waals surface area contributed by atoms with E-state index in [0.717, 1.165) is 83.3 Å². The molecule has 1 aromatic rings. The quantitative estimate of drug-likeness (QED) is 0.360. The predicted octanol–water partition coefficient (Wildman–Crippen LogP) is 2.07. The van der Waals surface area contributed by atoms with Crippen LogP contribution in [0.3, 0.4) is 0 Å². The molecule has 166 valence electrons. The summed E-state index contributed by atoms with van der Waals surface area (Å²) in [4.78, 5) is 21.6. The van der Waals surface area contributed by atoms with Crippen LogP contribution in [0.5, 0.6) is 5.75 Å². The minimum absolute atomic E-state index is 0. The van der Waals surface area contributed by atoms with Gasteiger partial charge in [0, 0.05) is 52.3 Å². The highest BCUT2D eigenvalue weighted by Gasteiger charge is 2.30. The third-order valence-corrected chi connectivity index (χ3v) is 5.85. The van der Waals surface area contributed by atoms with Crippen molar-refractivity contribution >= 4 is 35.8 Å². The van der Waals surface area contributed by atoms with Gasteiger partial charge < -0.3 is 24.6 Å². The van der Waals surface area contributed by atoms with Crippen molar-refractivity contribution in [3.05, 3.63) is 29.3 Å². The van der Waals surface area contributed by atoms with Gasteiger partial charge in [-0.15, -0.1) is 24.0 Å². The monoisotopic (exact) mass is 528 g/mol. The van der Waals surface area contributed by atoms with E-state index in [9.17, 15) is 4.79 Å². The summed E-state index contributed by atoms with van der Waals surface area (Å²) < 4.78 is 11.1. The molecule has 0 spiro atoms. The van der Waals surface area contributed by atoms with Gasteiger partial charge in [0.2, 0.25) is 0 Å². The molecule has 1 N–H and O–H groups in total. The second-order valence-electron chi connectivity index (χ2n) is 7.84. The summed E-state index contributed by atoms with van der Waals surface area (Å²) in [5.41, 5.74) is 2.62. The normalized spacial score (nSPS) is 21.1. The molecular formula is C22H33IN4O3. The Kier molecular flexibility index (Phi) is 8.61. The van der Waals surface area contributed by atoms with Gasteiger partial charge >= 0.3 is 0 Å².